The highest BCUT2D eigenvalue weighted by molar-refractivity contribution is 6.69. The first-order valence-electron chi connectivity index (χ1n) is 5.11. The number of allylic oxidation sites excluding steroid dienone is 1. The summed E-state index contributed by atoms with van der Waals surface area (Å²) in [6, 6.07) is 10.0. The molecule has 1 saturated heterocycles. The van der Waals surface area contributed by atoms with E-state index in [2.05, 4.69) is 6.58 Å². The molecule has 1 nitrogen and oxygen atoms in total. The van der Waals surface area contributed by atoms with Crippen LogP contribution >= 0.6 is 23.2 Å². The summed E-state index contributed by atoms with van der Waals surface area (Å²) < 4.78 is 5.95. The third-order valence-corrected chi connectivity index (χ3v) is 3.09. The third-order valence-electron chi connectivity index (χ3n) is 2.72. The van der Waals surface area contributed by atoms with Gasteiger partial charge in [-0.1, -0.05) is 59.6 Å². The highest BCUT2D eigenvalue weighted by Crippen LogP contribution is 2.34. The maximum atomic E-state index is 5.78. The maximum absolute atomic E-state index is 5.78. The van der Waals surface area contributed by atoms with Crippen LogP contribution in [0.4, 0.5) is 0 Å². The second-order valence-electron chi connectivity index (χ2n) is 3.72. The molecule has 82 valence electrons. The fourth-order valence-electron chi connectivity index (χ4n) is 1.89. The third kappa shape index (κ3) is 2.28. The van der Waals surface area contributed by atoms with Gasteiger partial charge in [0, 0.05) is 5.92 Å². The second-order valence-corrected chi connectivity index (χ2v) is 4.67. The quantitative estimate of drug-likeness (QED) is 0.580. The lowest BCUT2D eigenvalue weighted by Crippen LogP contribution is -2.28. The highest BCUT2D eigenvalue weighted by atomic mass is 35.5. The molecule has 4 heteroatoms. The lowest BCUT2D eigenvalue weighted by Gasteiger charge is -2.07. The average molecular weight is 253 g/mol. The van der Waals surface area contributed by atoms with Gasteiger partial charge in [-0.15, -0.1) is 6.58 Å². The SMILES string of the molecule is C=CC1CB(c2ccccc2)OC1=C(Cl)Cl. The van der Waals surface area contributed by atoms with Crippen molar-refractivity contribution in [1.82, 2.24) is 0 Å². The van der Waals surface area contributed by atoms with Crippen LogP contribution in [0.3, 0.4) is 0 Å². The van der Waals surface area contributed by atoms with E-state index in [1.807, 2.05) is 36.4 Å². The Morgan fingerprint density at radius 2 is 2.06 bits per heavy atom. The van der Waals surface area contributed by atoms with Crippen LogP contribution < -0.4 is 5.46 Å². The molecule has 0 N–H and O–H groups in total. The number of halogens is 2. The van der Waals surface area contributed by atoms with Crippen LogP contribution in [-0.2, 0) is 4.65 Å². The van der Waals surface area contributed by atoms with Crippen molar-refractivity contribution < 1.29 is 4.65 Å². The molecule has 1 aliphatic heterocycles. The number of benzene rings is 1. The number of hydrogen-bond acceptors (Lipinski definition) is 1. The van der Waals surface area contributed by atoms with Gasteiger partial charge in [0.1, 0.15) is 10.3 Å². The Morgan fingerprint density at radius 3 is 2.56 bits per heavy atom. The largest absolute Gasteiger partial charge is 0.557 e. The molecule has 0 amide bonds. The Labute approximate surface area is 106 Å². The topological polar surface area (TPSA) is 9.23 Å². The molecule has 1 fully saturated rings. The fraction of sp³-hybridized carbons (Fsp3) is 0.167. The van der Waals surface area contributed by atoms with E-state index < -0.39 is 0 Å². The minimum atomic E-state index is 0.0201. The van der Waals surface area contributed by atoms with Gasteiger partial charge in [-0.25, -0.2) is 0 Å². The summed E-state index contributed by atoms with van der Waals surface area (Å²) in [6.45, 7) is 3.79. The normalized spacial score (nSPS) is 19.5. The van der Waals surface area contributed by atoms with E-state index in [4.69, 9.17) is 27.9 Å². The standard InChI is InChI=1S/C12H11BCl2O/c1-2-9-8-13(16-11(9)12(14)15)10-6-4-3-5-7-10/h2-7,9H,1,8H2. The van der Waals surface area contributed by atoms with Crippen molar-refractivity contribution in [2.75, 3.05) is 0 Å². The Bertz CT molecular complexity index is 412. The van der Waals surface area contributed by atoms with Gasteiger partial charge in [0.15, 0.2) is 0 Å². The Morgan fingerprint density at radius 1 is 1.38 bits per heavy atom. The fourth-order valence-corrected chi connectivity index (χ4v) is 2.26. The van der Waals surface area contributed by atoms with Crippen molar-refractivity contribution >= 4 is 35.6 Å². The first-order chi connectivity index (χ1) is 7.72. The maximum Gasteiger partial charge on any atom is 0.392 e. The summed E-state index contributed by atoms with van der Waals surface area (Å²) in [5.74, 6) is 0.738. The van der Waals surface area contributed by atoms with Crippen LogP contribution in [0.25, 0.3) is 0 Å². The van der Waals surface area contributed by atoms with Crippen molar-refractivity contribution in [3.63, 3.8) is 0 Å². The van der Waals surface area contributed by atoms with Crippen molar-refractivity contribution in [3.05, 3.63) is 53.2 Å². The van der Waals surface area contributed by atoms with E-state index >= 15 is 0 Å². The van der Waals surface area contributed by atoms with Gasteiger partial charge in [-0.05, 0) is 11.8 Å². The zero-order valence-corrected chi connectivity index (χ0v) is 10.2. The Kier molecular flexibility index (Phi) is 3.62. The molecule has 0 aliphatic carbocycles. The first-order valence-corrected chi connectivity index (χ1v) is 5.87. The van der Waals surface area contributed by atoms with Gasteiger partial charge in [-0.2, -0.15) is 0 Å². The summed E-state index contributed by atoms with van der Waals surface area (Å²) in [7, 11) is 0. The van der Waals surface area contributed by atoms with Crippen molar-refractivity contribution in [2.24, 2.45) is 5.92 Å². The lowest BCUT2D eigenvalue weighted by atomic mass is 9.58. The summed E-state index contributed by atoms with van der Waals surface area (Å²) in [5.41, 5.74) is 1.14. The zero-order valence-electron chi connectivity index (χ0n) is 8.70. The lowest BCUT2D eigenvalue weighted by molar-refractivity contribution is 0.443. The molecular weight excluding hydrogens is 242 g/mol. The van der Waals surface area contributed by atoms with Crippen molar-refractivity contribution in [2.45, 2.75) is 6.32 Å². The van der Waals surface area contributed by atoms with Crippen molar-refractivity contribution in [1.29, 1.82) is 0 Å². The van der Waals surface area contributed by atoms with Gasteiger partial charge in [0.2, 0.25) is 0 Å². The van der Waals surface area contributed by atoms with Crippen LogP contribution in [0.1, 0.15) is 0 Å². The number of hydrogen-bond donors (Lipinski definition) is 0. The molecule has 2 rings (SSSR count). The second kappa shape index (κ2) is 4.98. The van der Waals surface area contributed by atoms with Crippen LogP contribution in [-0.4, -0.2) is 6.92 Å². The molecule has 1 unspecified atom stereocenters. The molecule has 0 spiro atoms. The minimum Gasteiger partial charge on any atom is -0.557 e. The van der Waals surface area contributed by atoms with E-state index in [0.29, 0.717) is 5.76 Å². The molecule has 16 heavy (non-hydrogen) atoms. The molecule has 1 heterocycles. The van der Waals surface area contributed by atoms with Crippen LogP contribution in [0.15, 0.2) is 53.2 Å². The van der Waals surface area contributed by atoms with E-state index in [0.717, 1.165) is 11.8 Å². The van der Waals surface area contributed by atoms with Crippen molar-refractivity contribution in [3.8, 4) is 0 Å². The average Bonchev–Trinajstić information content (AvgIpc) is 2.74. The van der Waals surface area contributed by atoms with Crippen LogP contribution in [0.5, 0.6) is 0 Å². The molecule has 0 bridgehead atoms. The Hall–Kier alpha value is -0.855. The van der Waals surface area contributed by atoms with Gasteiger partial charge in [0.05, 0.1) is 0 Å². The first kappa shape index (κ1) is 11.6. The summed E-state index contributed by atoms with van der Waals surface area (Å²) >= 11 is 11.6. The van der Waals surface area contributed by atoms with E-state index in [-0.39, 0.29) is 17.3 Å². The number of rotatable bonds is 2. The molecular formula is C12H11BCl2O. The van der Waals surface area contributed by atoms with Gasteiger partial charge >= 0.3 is 6.92 Å². The predicted molar refractivity (Wildman–Crippen MR) is 70.1 cm³/mol. The molecule has 1 aromatic rings. The Balaban J connectivity index is 2.24. The predicted octanol–water partition coefficient (Wildman–Crippen LogP) is 3.36. The van der Waals surface area contributed by atoms with Gasteiger partial charge in [-0.3, -0.25) is 0 Å². The molecule has 0 aromatic heterocycles. The summed E-state index contributed by atoms with van der Waals surface area (Å²) in [6.07, 6.45) is 2.66. The molecule has 0 radical (unpaired) electrons. The highest BCUT2D eigenvalue weighted by Gasteiger charge is 2.35. The molecule has 1 aliphatic rings. The van der Waals surface area contributed by atoms with E-state index in [1.165, 1.54) is 0 Å². The summed E-state index contributed by atoms with van der Waals surface area (Å²) in [4.78, 5) is 0. The van der Waals surface area contributed by atoms with Gasteiger partial charge in [0.25, 0.3) is 0 Å². The smallest absolute Gasteiger partial charge is 0.392 e. The molecule has 1 aromatic carbocycles. The van der Waals surface area contributed by atoms with Crippen LogP contribution in [0, 0.1) is 5.92 Å². The van der Waals surface area contributed by atoms with Gasteiger partial charge < -0.3 is 4.65 Å². The zero-order chi connectivity index (χ0) is 11.5. The molecule has 0 saturated carbocycles. The van der Waals surface area contributed by atoms with E-state index in [1.54, 1.807) is 0 Å². The molecule has 1 atom stereocenters. The van der Waals surface area contributed by atoms with E-state index in [9.17, 15) is 0 Å². The minimum absolute atomic E-state index is 0.0201. The summed E-state index contributed by atoms with van der Waals surface area (Å²) in [5, 5.41) is 0. The monoisotopic (exact) mass is 252 g/mol. The van der Waals surface area contributed by atoms with Crippen LogP contribution in [0.2, 0.25) is 6.32 Å².